The summed E-state index contributed by atoms with van der Waals surface area (Å²) in [5.41, 5.74) is 1.27. The summed E-state index contributed by atoms with van der Waals surface area (Å²) in [6.07, 6.45) is 0. The highest BCUT2D eigenvalue weighted by molar-refractivity contribution is 9.10. The Balaban J connectivity index is 3.07. The van der Waals surface area contributed by atoms with Gasteiger partial charge in [0.05, 0.1) is 6.61 Å². The van der Waals surface area contributed by atoms with E-state index in [-0.39, 0.29) is 12.4 Å². The predicted octanol–water partition coefficient (Wildman–Crippen LogP) is 2.31. The lowest BCUT2D eigenvalue weighted by atomic mass is 10.1. The molecule has 7 nitrogen and oxygen atoms in total. The summed E-state index contributed by atoms with van der Waals surface area (Å²) in [6, 6.07) is 0. The number of esters is 1. The van der Waals surface area contributed by atoms with Gasteiger partial charge in [0.15, 0.2) is 6.61 Å². The van der Waals surface area contributed by atoms with Crippen LogP contribution in [0.1, 0.15) is 18.1 Å². The Morgan fingerprint density at radius 2 is 2.05 bits per heavy atom. The SMILES string of the molecule is CCOC(=O)COc1c([N+](=O)[O-])nc(Br)c(C)c1C. The van der Waals surface area contributed by atoms with Gasteiger partial charge in [0.1, 0.15) is 0 Å². The number of hydrogen-bond acceptors (Lipinski definition) is 6. The van der Waals surface area contributed by atoms with Crippen LogP contribution < -0.4 is 4.74 Å². The molecular weight excluding hydrogens is 320 g/mol. The standard InChI is InChI=1S/C11H13BrN2O5/c1-4-18-8(15)5-19-9-6(2)7(3)10(12)13-11(9)14(16)17/h4-5H2,1-3H3. The minimum absolute atomic E-state index is 0.0150. The van der Waals surface area contributed by atoms with Crippen molar-refractivity contribution < 1.29 is 19.2 Å². The summed E-state index contributed by atoms with van der Waals surface area (Å²) in [4.78, 5) is 25.3. The fraction of sp³-hybridized carbons (Fsp3) is 0.455. The molecule has 1 aromatic rings. The number of nitrogens with zero attached hydrogens (tertiary/aromatic N) is 2. The maximum Gasteiger partial charge on any atom is 0.407 e. The molecule has 0 unspecified atom stereocenters. The molecule has 19 heavy (non-hydrogen) atoms. The molecule has 0 aliphatic carbocycles. The Hall–Kier alpha value is -1.70. The highest BCUT2D eigenvalue weighted by Crippen LogP contribution is 2.34. The predicted molar refractivity (Wildman–Crippen MR) is 70.2 cm³/mol. The first-order valence-electron chi connectivity index (χ1n) is 5.48. The molecule has 0 N–H and O–H groups in total. The molecule has 0 spiro atoms. The van der Waals surface area contributed by atoms with Gasteiger partial charge in [-0.25, -0.2) is 4.79 Å². The van der Waals surface area contributed by atoms with Crippen molar-refractivity contribution in [1.29, 1.82) is 0 Å². The smallest absolute Gasteiger partial charge is 0.407 e. The summed E-state index contributed by atoms with van der Waals surface area (Å²) in [6.45, 7) is 4.90. The zero-order valence-corrected chi connectivity index (χ0v) is 12.3. The van der Waals surface area contributed by atoms with Crippen molar-refractivity contribution in [2.75, 3.05) is 13.2 Å². The van der Waals surface area contributed by atoms with Crippen LogP contribution in [-0.2, 0) is 9.53 Å². The molecule has 0 amide bonds. The van der Waals surface area contributed by atoms with Crippen molar-refractivity contribution in [2.24, 2.45) is 0 Å². The molecule has 1 aromatic heterocycles. The van der Waals surface area contributed by atoms with E-state index in [0.717, 1.165) is 0 Å². The van der Waals surface area contributed by atoms with Gasteiger partial charge < -0.3 is 19.6 Å². The van der Waals surface area contributed by atoms with E-state index in [9.17, 15) is 14.9 Å². The molecule has 0 aliphatic heterocycles. The fourth-order valence-corrected chi connectivity index (χ4v) is 1.82. The van der Waals surface area contributed by atoms with Crippen LogP contribution in [0, 0.1) is 24.0 Å². The second-order valence-corrected chi connectivity index (χ2v) is 4.41. The molecular formula is C11H13BrN2O5. The average Bonchev–Trinajstić information content (AvgIpc) is 2.34. The van der Waals surface area contributed by atoms with E-state index in [4.69, 9.17) is 9.47 Å². The van der Waals surface area contributed by atoms with Crippen molar-refractivity contribution >= 4 is 27.7 Å². The van der Waals surface area contributed by atoms with Gasteiger partial charge in [0.2, 0.25) is 10.4 Å². The first-order chi connectivity index (χ1) is 8.88. The van der Waals surface area contributed by atoms with Crippen molar-refractivity contribution in [3.63, 3.8) is 0 Å². The summed E-state index contributed by atoms with van der Waals surface area (Å²) >= 11 is 3.14. The van der Waals surface area contributed by atoms with Crippen LogP contribution in [0.2, 0.25) is 0 Å². The van der Waals surface area contributed by atoms with Gasteiger partial charge in [0.25, 0.3) is 0 Å². The Bertz CT molecular complexity index is 518. The summed E-state index contributed by atoms with van der Waals surface area (Å²) in [5, 5.41) is 10.9. The second kappa shape index (κ2) is 6.46. The molecule has 0 bridgehead atoms. The van der Waals surface area contributed by atoms with Crippen LogP contribution >= 0.6 is 15.9 Å². The highest BCUT2D eigenvalue weighted by Gasteiger charge is 2.25. The Morgan fingerprint density at radius 3 is 2.58 bits per heavy atom. The molecule has 104 valence electrons. The number of nitro groups is 1. The molecule has 1 heterocycles. The first-order valence-corrected chi connectivity index (χ1v) is 6.27. The average molecular weight is 333 g/mol. The Morgan fingerprint density at radius 1 is 1.42 bits per heavy atom. The van der Waals surface area contributed by atoms with Gasteiger partial charge in [-0.1, -0.05) is 0 Å². The lowest BCUT2D eigenvalue weighted by Crippen LogP contribution is -2.16. The third-order valence-corrected chi connectivity index (χ3v) is 3.20. The van der Waals surface area contributed by atoms with Gasteiger partial charge in [-0.15, -0.1) is 0 Å². The van der Waals surface area contributed by atoms with E-state index in [1.165, 1.54) is 0 Å². The minimum atomic E-state index is -0.655. The number of hydrogen-bond donors (Lipinski definition) is 0. The maximum absolute atomic E-state index is 11.2. The van der Waals surface area contributed by atoms with Gasteiger partial charge in [-0.3, -0.25) is 0 Å². The highest BCUT2D eigenvalue weighted by atomic mass is 79.9. The molecule has 1 rings (SSSR count). The molecule has 8 heteroatoms. The van der Waals surface area contributed by atoms with Crippen LogP contribution in [0.5, 0.6) is 5.75 Å². The second-order valence-electron chi connectivity index (χ2n) is 3.66. The number of carbonyl (C=O) groups excluding carboxylic acids is 1. The number of pyridine rings is 1. The first kappa shape index (κ1) is 15.4. The van der Waals surface area contributed by atoms with Crippen molar-refractivity contribution in [3.05, 3.63) is 25.8 Å². The Kier molecular flexibility index (Phi) is 5.22. The zero-order chi connectivity index (χ0) is 14.6. The zero-order valence-electron chi connectivity index (χ0n) is 10.7. The van der Waals surface area contributed by atoms with Crippen LogP contribution in [0.15, 0.2) is 4.60 Å². The van der Waals surface area contributed by atoms with E-state index in [0.29, 0.717) is 15.7 Å². The fourth-order valence-electron chi connectivity index (χ4n) is 1.35. The van der Waals surface area contributed by atoms with E-state index in [1.807, 2.05) is 0 Å². The number of rotatable bonds is 5. The summed E-state index contributed by atoms with van der Waals surface area (Å²) in [7, 11) is 0. The number of ether oxygens (including phenoxy) is 2. The van der Waals surface area contributed by atoms with E-state index < -0.39 is 23.3 Å². The lowest BCUT2D eigenvalue weighted by Gasteiger charge is -2.10. The van der Waals surface area contributed by atoms with Gasteiger partial charge >= 0.3 is 11.8 Å². The third kappa shape index (κ3) is 3.63. The van der Waals surface area contributed by atoms with Gasteiger partial charge in [-0.2, -0.15) is 0 Å². The molecule has 0 saturated carbocycles. The summed E-state index contributed by atoms with van der Waals surface area (Å²) < 4.78 is 10.2. The van der Waals surface area contributed by atoms with Crippen molar-refractivity contribution in [3.8, 4) is 5.75 Å². The Labute approximate surface area is 118 Å². The molecule has 0 aliphatic rings. The molecule has 0 atom stereocenters. The van der Waals surface area contributed by atoms with Crippen molar-refractivity contribution in [2.45, 2.75) is 20.8 Å². The molecule has 0 saturated heterocycles. The number of carbonyl (C=O) groups is 1. The topological polar surface area (TPSA) is 91.6 Å². The normalized spacial score (nSPS) is 10.1. The van der Waals surface area contributed by atoms with E-state index in [1.54, 1.807) is 20.8 Å². The van der Waals surface area contributed by atoms with Gasteiger partial charge in [-0.05, 0) is 30.7 Å². The third-order valence-electron chi connectivity index (χ3n) is 2.43. The molecule has 0 fully saturated rings. The van der Waals surface area contributed by atoms with E-state index >= 15 is 0 Å². The number of halogens is 1. The quantitative estimate of drug-likeness (QED) is 0.355. The van der Waals surface area contributed by atoms with E-state index in [2.05, 4.69) is 20.9 Å². The largest absolute Gasteiger partial charge is 0.473 e. The van der Waals surface area contributed by atoms with Crippen LogP contribution in [0.25, 0.3) is 0 Å². The minimum Gasteiger partial charge on any atom is -0.473 e. The van der Waals surface area contributed by atoms with Crippen LogP contribution in [0.4, 0.5) is 5.82 Å². The number of aromatic nitrogens is 1. The van der Waals surface area contributed by atoms with Crippen LogP contribution in [-0.4, -0.2) is 29.1 Å². The molecule has 0 radical (unpaired) electrons. The maximum atomic E-state index is 11.2. The van der Waals surface area contributed by atoms with Gasteiger partial charge in [0, 0.05) is 27.1 Å². The summed E-state index contributed by atoms with van der Waals surface area (Å²) in [5.74, 6) is -1.03. The van der Waals surface area contributed by atoms with Crippen LogP contribution in [0.3, 0.4) is 0 Å². The monoisotopic (exact) mass is 332 g/mol. The molecule has 0 aromatic carbocycles. The van der Waals surface area contributed by atoms with Crippen molar-refractivity contribution in [1.82, 2.24) is 4.98 Å². The lowest BCUT2D eigenvalue weighted by molar-refractivity contribution is -0.390.